The zero-order valence-corrected chi connectivity index (χ0v) is 19.7. The number of primary amides is 1. The molecular weight excluding hydrogens is 446 g/mol. The average molecular weight is 476 g/mol. The molecule has 3 rings (SSSR count). The van der Waals surface area contributed by atoms with E-state index in [0.29, 0.717) is 17.2 Å². The van der Waals surface area contributed by atoms with Gasteiger partial charge in [0.25, 0.3) is 11.8 Å². The Morgan fingerprint density at radius 1 is 1.18 bits per heavy atom. The number of nitrogen functional groups attached to an aromatic ring is 1. The van der Waals surface area contributed by atoms with Crippen molar-refractivity contribution in [2.75, 3.05) is 24.9 Å². The van der Waals surface area contributed by atoms with Crippen molar-refractivity contribution in [3.05, 3.63) is 28.8 Å². The second kappa shape index (κ2) is 10.5. The van der Waals surface area contributed by atoms with E-state index in [-0.39, 0.29) is 28.2 Å². The van der Waals surface area contributed by atoms with Gasteiger partial charge >= 0.3 is 0 Å². The van der Waals surface area contributed by atoms with Gasteiger partial charge in [-0.15, -0.1) is 0 Å². The molecule has 0 saturated heterocycles. The zero-order valence-electron chi connectivity index (χ0n) is 18.9. The number of hydrogen-bond acceptors (Lipinski definition) is 8. The number of nitrogens with two attached hydrogens (primary N) is 2. The fraction of sp³-hybridized carbons (Fsp3) is 0.455. The molecule has 1 unspecified atom stereocenters. The maximum absolute atomic E-state index is 13.7. The SMILES string of the molecule is COc1ccc(OC)c(N(C(=O)c2snc(C(N)=O)c2N)C(C)C(=O)NC2CCCCC2)c1. The van der Waals surface area contributed by atoms with Gasteiger partial charge in [0.05, 0.1) is 25.6 Å². The second-order valence-corrected chi connectivity index (χ2v) is 8.64. The van der Waals surface area contributed by atoms with Gasteiger partial charge in [-0.3, -0.25) is 19.3 Å². The number of ether oxygens (including phenoxy) is 2. The molecular formula is C22H29N5O5S. The topological polar surface area (TPSA) is 150 Å². The standard InChI is InChI=1S/C22H29N5O5S/c1-12(21(29)25-13-7-5-4-6-8-13)27(15-11-14(31-2)9-10-16(15)32-3)22(30)19-17(23)18(20(24)28)26-33-19/h9-13H,4-8,23H2,1-3H3,(H2,24,28)(H,25,29). The Kier molecular flexibility index (Phi) is 7.75. The Morgan fingerprint density at radius 2 is 1.88 bits per heavy atom. The van der Waals surface area contributed by atoms with E-state index in [1.807, 2.05) is 0 Å². The van der Waals surface area contributed by atoms with E-state index >= 15 is 0 Å². The first-order valence-electron chi connectivity index (χ1n) is 10.7. The summed E-state index contributed by atoms with van der Waals surface area (Å²) in [7, 11) is 2.96. The van der Waals surface area contributed by atoms with Crippen LogP contribution in [0.5, 0.6) is 11.5 Å². The molecule has 1 aromatic carbocycles. The minimum Gasteiger partial charge on any atom is -0.497 e. The molecule has 2 aromatic rings. The maximum Gasteiger partial charge on any atom is 0.272 e. The smallest absolute Gasteiger partial charge is 0.272 e. The molecule has 1 aliphatic rings. The highest BCUT2D eigenvalue weighted by Crippen LogP contribution is 2.36. The van der Waals surface area contributed by atoms with Gasteiger partial charge in [-0.25, -0.2) is 0 Å². The largest absolute Gasteiger partial charge is 0.497 e. The van der Waals surface area contributed by atoms with E-state index < -0.39 is 17.9 Å². The Balaban J connectivity index is 2.03. The van der Waals surface area contributed by atoms with Crippen LogP contribution in [0, 0.1) is 0 Å². The average Bonchev–Trinajstić information content (AvgIpc) is 3.21. The minimum atomic E-state index is -0.918. The molecule has 0 radical (unpaired) electrons. The number of aromatic nitrogens is 1. The first kappa shape index (κ1) is 24.3. The van der Waals surface area contributed by atoms with Crippen LogP contribution in [-0.4, -0.2) is 48.4 Å². The summed E-state index contributed by atoms with van der Waals surface area (Å²) in [6, 6.07) is 4.08. The van der Waals surface area contributed by atoms with E-state index in [1.165, 1.54) is 19.1 Å². The van der Waals surface area contributed by atoms with Crippen LogP contribution in [0.3, 0.4) is 0 Å². The van der Waals surface area contributed by atoms with Crippen LogP contribution >= 0.6 is 11.5 Å². The van der Waals surface area contributed by atoms with Crippen molar-refractivity contribution in [1.29, 1.82) is 0 Å². The van der Waals surface area contributed by atoms with Crippen LogP contribution in [0.15, 0.2) is 18.2 Å². The monoisotopic (exact) mass is 475 g/mol. The maximum atomic E-state index is 13.7. The van der Waals surface area contributed by atoms with Gasteiger partial charge < -0.3 is 26.3 Å². The summed E-state index contributed by atoms with van der Waals surface area (Å²) < 4.78 is 14.7. The molecule has 10 nitrogen and oxygen atoms in total. The number of methoxy groups -OCH3 is 2. The van der Waals surface area contributed by atoms with Crippen molar-refractivity contribution in [3.63, 3.8) is 0 Å². The molecule has 1 atom stereocenters. The number of amides is 3. The van der Waals surface area contributed by atoms with E-state index in [0.717, 1.165) is 43.6 Å². The van der Waals surface area contributed by atoms with Crippen molar-refractivity contribution in [1.82, 2.24) is 9.69 Å². The molecule has 3 amide bonds. The Morgan fingerprint density at radius 3 is 2.45 bits per heavy atom. The number of benzene rings is 1. The molecule has 1 fully saturated rings. The lowest BCUT2D eigenvalue weighted by molar-refractivity contribution is -0.122. The van der Waals surface area contributed by atoms with E-state index in [9.17, 15) is 14.4 Å². The van der Waals surface area contributed by atoms with Gasteiger partial charge in [-0.05, 0) is 43.4 Å². The highest BCUT2D eigenvalue weighted by Gasteiger charge is 2.34. The number of hydrogen-bond donors (Lipinski definition) is 3. The minimum absolute atomic E-state index is 0.00555. The number of rotatable bonds is 8. The highest BCUT2D eigenvalue weighted by atomic mass is 32.1. The van der Waals surface area contributed by atoms with Crippen molar-refractivity contribution in [2.45, 2.75) is 51.1 Å². The van der Waals surface area contributed by atoms with Gasteiger partial charge in [0.15, 0.2) is 5.69 Å². The first-order chi connectivity index (χ1) is 15.8. The lowest BCUT2D eigenvalue weighted by Gasteiger charge is -2.31. The van der Waals surface area contributed by atoms with Gasteiger partial charge in [0.2, 0.25) is 5.91 Å². The van der Waals surface area contributed by atoms with Gasteiger partial charge in [0.1, 0.15) is 22.4 Å². The van der Waals surface area contributed by atoms with Gasteiger partial charge in [0, 0.05) is 12.1 Å². The normalized spacial score (nSPS) is 14.9. The highest BCUT2D eigenvalue weighted by molar-refractivity contribution is 7.09. The predicted octanol–water partition coefficient (Wildman–Crippen LogP) is 2.33. The predicted molar refractivity (Wildman–Crippen MR) is 126 cm³/mol. The fourth-order valence-electron chi connectivity index (χ4n) is 3.90. The molecule has 11 heteroatoms. The summed E-state index contributed by atoms with van der Waals surface area (Å²) in [6.07, 6.45) is 5.07. The zero-order chi connectivity index (χ0) is 24.1. The van der Waals surface area contributed by atoms with Crippen LogP contribution in [0.25, 0.3) is 0 Å². The third-order valence-corrected chi connectivity index (χ3v) is 6.59. The summed E-state index contributed by atoms with van der Waals surface area (Å²) in [5.74, 6) is -0.914. The Hall–Kier alpha value is -3.34. The van der Waals surface area contributed by atoms with Crippen LogP contribution in [0.1, 0.15) is 59.2 Å². The van der Waals surface area contributed by atoms with Gasteiger partial charge in [-0.2, -0.15) is 4.37 Å². The lowest BCUT2D eigenvalue weighted by atomic mass is 9.95. The fourth-order valence-corrected chi connectivity index (χ4v) is 4.65. The van der Waals surface area contributed by atoms with Crippen molar-refractivity contribution in [2.24, 2.45) is 5.73 Å². The van der Waals surface area contributed by atoms with Crippen LogP contribution in [-0.2, 0) is 4.79 Å². The summed E-state index contributed by atoms with van der Waals surface area (Å²) >= 11 is 0.753. The third kappa shape index (κ3) is 5.19. The quantitative estimate of drug-likeness (QED) is 0.530. The third-order valence-electron chi connectivity index (χ3n) is 5.74. The number of carbonyl (C=O) groups excluding carboxylic acids is 3. The molecule has 0 spiro atoms. The number of nitrogens with zero attached hydrogens (tertiary/aromatic N) is 2. The second-order valence-electron chi connectivity index (χ2n) is 7.87. The lowest BCUT2D eigenvalue weighted by Crippen LogP contribution is -2.51. The number of anilines is 2. The van der Waals surface area contributed by atoms with E-state index in [1.54, 1.807) is 25.1 Å². The summed E-state index contributed by atoms with van der Waals surface area (Å²) in [4.78, 5) is 39.8. The molecule has 5 N–H and O–H groups in total. The molecule has 1 aliphatic carbocycles. The number of carbonyl (C=O) groups is 3. The molecule has 0 bridgehead atoms. The summed E-state index contributed by atoms with van der Waals surface area (Å²) in [5, 5.41) is 3.06. The summed E-state index contributed by atoms with van der Waals surface area (Å²) in [5.41, 5.74) is 11.3. The van der Waals surface area contributed by atoms with Crippen molar-refractivity contribution in [3.8, 4) is 11.5 Å². The first-order valence-corrected chi connectivity index (χ1v) is 11.5. The van der Waals surface area contributed by atoms with Crippen LogP contribution in [0.2, 0.25) is 0 Å². The molecule has 1 aromatic heterocycles. The Labute approximate surface area is 196 Å². The van der Waals surface area contributed by atoms with Crippen LogP contribution < -0.4 is 31.2 Å². The van der Waals surface area contributed by atoms with Crippen molar-refractivity contribution >= 4 is 40.6 Å². The van der Waals surface area contributed by atoms with Gasteiger partial charge in [-0.1, -0.05) is 19.3 Å². The van der Waals surface area contributed by atoms with E-state index in [2.05, 4.69) is 9.69 Å². The van der Waals surface area contributed by atoms with Crippen molar-refractivity contribution < 1.29 is 23.9 Å². The molecule has 1 heterocycles. The summed E-state index contributed by atoms with van der Waals surface area (Å²) in [6.45, 7) is 1.63. The molecule has 178 valence electrons. The number of nitrogens with one attached hydrogen (secondary N) is 1. The molecule has 0 aliphatic heterocycles. The molecule has 33 heavy (non-hydrogen) atoms. The van der Waals surface area contributed by atoms with E-state index in [4.69, 9.17) is 20.9 Å². The Bertz CT molecular complexity index is 1030. The van der Waals surface area contributed by atoms with Crippen LogP contribution in [0.4, 0.5) is 11.4 Å². The molecule has 1 saturated carbocycles.